The van der Waals surface area contributed by atoms with Crippen molar-refractivity contribution in [1.29, 1.82) is 0 Å². The quantitative estimate of drug-likeness (QED) is 0.655. The molecule has 0 bridgehead atoms. The molecule has 140 valence electrons. The second-order valence-corrected chi connectivity index (χ2v) is 7.22. The molecule has 1 atom stereocenters. The molecule has 0 radical (unpaired) electrons. The van der Waals surface area contributed by atoms with Gasteiger partial charge >= 0.3 is 0 Å². The number of aryl methyl sites for hydroxylation is 2. The van der Waals surface area contributed by atoms with Gasteiger partial charge in [0, 0.05) is 25.1 Å². The molecule has 26 heavy (non-hydrogen) atoms. The van der Waals surface area contributed by atoms with Crippen LogP contribution < -0.4 is 11.1 Å². The number of rotatable bonds is 9. The Hall–Kier alpha value is -2.35. The minimum atomic E-state index is -0.369. The molecule has 0 unspecified atom stereocenters. The molecule has 0 aliphatic rings. The Labute approximate surface area is 157 Å². The average molecular weight is 375 g/mol. The topological polar surface area (TPSA) is 103 Å². The van der Waals surface area contributed by atoms with E-state index >= 15 is 0 Å². The molecule has 1 aromatic carbocycles. The molecule has 0 saturated carbocycles. The fourth-order valence-corrected chi connectivity index (χ4v) is 3.35. The van der Waals surface area contributed by atoms with Crippen LogP contribution in [0.2, 0.25) is 0 Å². The zero-order valence-electron chi connectivity index (χ0n) is 15.4. The van der Waals surface area contributed by atoms with Crippen molar-refractivity contribution < 1.29 is 9.59 Å². The third-order valence-corrected chi connectivity index (χ3v) is 5.07. The zero-order chi connectivity index (χ0) is 19.1. The summed E-state index contributed by atoms with van der Waals surface area (Å²) in [6, 6.07) is 7.83. The fourth-order valence-electron chi connectivity index (χ4n) is 2.42. The maximum atomic E-state index is 12.4. The third-order valence-electron chi connectivity index (χ3n) is 3.99. The number of hydrogen-bond donors (Lipinski definition) is 2. The first-order chi connectivity index (χ1) is 12.4. The van der Waals surface area contributed by atoms with E-state index in [1.165, 1.54) is 17.3 Å². The second-order valence-electron chi connectivity index (χ2n) is 5.91. The molecule has 1 heterocycles. The number of nitrogens with two attached hydrogens (primary N) is 1. The molecular formula is C18H25N5O2S. The van der Waals surface area contributed by atoms with E-state index in [0.29, 0.717) is 23.9 Å². The van der Waals surface area contributed by atoms with Gasteiger partial charge in [-0.25, -0.2) is 0 Å². The summed E-state index contributed by atoms with van der Waals surface area (Å²) in [6.07, 6.45) is 1.64. The number of carbonyl (C=O) groups is 2. The molecule has 0 aliphatic carbocycles. The van der Waals surface area contributed by atoms with Crippen LogP contribution in [0.1, 0.15) is 38.6 Å². The lowest BCUT2D eigenvalue weighted by Crippen LogP contribution is -2.23. The second kappa shape index (κ2) is 9.38. The van der Waals surface area contributed by atoms with Crippen LogP contribution in [-0.2, 0) is 29.0 Å². The van der Waals surface area contributed by atoms with Crippen LogP contribution in [0.25, 0.3) is 0 Å². The molecular weight excluding hydrogens is 350 g/mol. The summed E-state index contributed by atoms with van der Waals surface area (Å²) in [7, 11) is 0. The smallest absolute Gasteiger partial charge is 0.237 e. The molecule has 8 heteroatoms. The molecule has 2 amide bonds. The van der Waals surface area contributed by atoms with Gasteiger partial charge in [0.1, 0.15) is 5.82 Å². The van der Waals surface area contributed by atoms with Gasteiger partial charge in [0.05, 0.1) is 5.25 Å². The number of anilines is 1. The number of nitrogens with zero attached hydrogens (tertiary/aromatic N) is 3. The molecule has 0 saturated heterocycles. The van der Waals surface area contributed by atoms with Crippen LogP contribution in [0.3, 0.4) is 0 Å². The van der Waals surface area contributed by atoms with Crippen LogP contribution in [0, 0.1) is 0 Å². The molecule has 0 spiro atoms. The predicted octanol–water partition coefficient (Wildman–Crippen LogP) is 2.40. The highest BCUT2D eigenvalue weighted by atomic mass is 32.2. The summed E-state index contributed by atoms with van der Waals surface area (Å²) >= 11 is 1.35. The van der Waals surface area contributed by atoms with E-state index in [2.05, 4.69) is 22.4 Å². The normalized spacial score (nSPS) is 12.0. The van der Waals surface area contributed by atoms with Crippen molar-refractivity contribution in [1.82, 2.24) is 14.8 Å². The van der Waals surface area contributed by atoms with Crippen molar-refractivity contribution in [3.8, 4) is 0 Å². The maximum absolute atomic E-state index is 12.4. The van der Waals surface area contributed by atoms with Crippen molar-refractivity contribution in [2.24, 2.45) is 5.73 Å². The van der Waals surface area contributed by atoms with Crippen molar-refractivity contribution in [2.75, 3.05) is 5.32 Å². The Morgan fingerprint density at radius 1 is 1.23 bits per heavy atom. The Balaban J connectivity index is 2.00. The van der Waals surface area contributed by atoms with Crippen LogP contribution in [0.5, 0.6) is 0 Å². The zero-order valence-corrected chi connectivity index (χ0v) is 16.2. The third kappa shape index (κ3) is 5.32. The van der Waals surface area contributed by atoms with E-state index in [4.69, 9.17) is 5.73 Å². The Morgan fingerprint density at radius 3 is 2.50 bits per heavy atom. The summed E-state index contributed by atoms with van der Waals surface area (Å²) in [4.78, 5) is 23.4. The number of aromatic nitrogens is 3. The number of primary amides is 1. The molecule has 2 aromatic rings. The number of nitrogens with one attached hydrogen (secondary N) is 1. The predicted molar refractivity (Wildman–Crippen MR) is 103 cm³/mol. The number of hydrogen-bond acceptors (Lipinski definition) is 5. The van der Waals surface area contributed by atoms with Gasteiger partial charge in [0.15, 0.2) is 5.16 Å². The van der Waals surface area contributed by atoms with Gasteiger partial charge in [-0.1, -0.05) is 30.8 Å². The monoisotopic (exact) mass is 375 g/mol. The number of benzene rings is 1. The highest BCUT2D eigenvalue weighted by Crippen LogP contribution is 2.24. The highest BCUT2D eigenvalue weighted by Gasteiger charge is 2.20. The largest absolute Gasteiger partial charge is 0.370 e. The standard InChI is InChI=1S/C18H25N5O2S/c1-4-13-6-8-14(9-7-13)20-17(25)12(3)26-18-22-21-16(23(18)5-2)11-10-15(19)24/h6-9,12H,4-5,10-11H2,1-3H3,(H2,19,24)(H,20,25)/t12-/m0/s1. The lowest BCUT2D eigenvalue weighted by molar-refractivity contribution is -0.118. The van der Waals surface area contributed by atoms with Gasteiger partial charge in [-0.2, -0.15) is 0 Å². The van der Waals surface area contributed by atoms with Crippen molar-refractivity contribution >= 4 is 29.3 Å². The van der Waals surface area contributed by atoms with Crippen LogP contribution in [-0.4, -0.2) is 31.8 Å². The molecule has 1 aromatic heterocycles. The lowest BCUT2D eigenvalue weighted by atomic mass is 10.1. The lowest BCUT2D eigenvalue weighted by Gasteiger charge is -2.13. The van der Waals surface area contributed by atoms with E-state index in [-0.39, 0.29) is 23.5 Å². The van der Waals surface area contributed by atoms with Crippen molar-refractivity contribution in [3.63, 3.8) is 0 Å². The first-order valence-electron chi connectivity index (χ1n) is 8.71. The van der Waals surface area contributed by atoms with Gasteiger partial charge in [-0.15, -0.1) is 10.2 Å². The minimum Gasteiger partial charge on any atom is -0.370 e. The molecule has 0 fully saturated rings. The first-order valence-corrected chi connectivity index (χ1v) is 9.59. The summed E-state index contributed by atoms with van der Waals surface area (Å²) < 4.78 is 1.91. The number of thioether (sulfide) groups is 1. The Bertz CT molecular complexity index is 757. The van der Waals surface area contributed by atoms with E-state index in [0.717, 1.165) is 12.1 Å². The SMILES string of the molecule is CCc1ccc(NC(=O)[C@H](C)Sc2nnc(CCC(N)=O)n2CC)cc1. The Kier molecular flexibility index (Phi) is 7.20. The van der Waals surface area contributed by atoms with E-state index in [9.17, 15) is 9.59 Å². The number of amides is 2. The van der Waals surface area contributed by atoms with Gasteiger partial charge in [-0.05, 0) is 38.0 Å². The fraction of sp³-hybridized carbons (Fsp3) is 0.444. The number of carbonyl (C=O) groups excluding carboxylic acids is 2. The summed E-state index contributed by atoms with van der Waals surface area (Å²) in [6.45, 7) is 6.56. The summed E-state index contributed by atoms with van der Waals surface area (Å²) in [5, 5.41) is 11.5. The van der Waals surface area contributed by atoms with E-state index < -0.39 is 0 Å². The Morgan fingerprint density at radius 2 is 1.92 bits per heavy atom. The molecule has 3 N–H and O–H groups in total. The minimum absolute atomic E-state index is 0.0939. The van der Waals surface area contributed by atoms with E-state index in [1.54, 1.807) is 0 Å². The van der Waals surface area contributed by atoms with Gasteiger partial charge in [-0.3, -0.25) is 9.59 Å². The van der Waals surface area contributed by atoms with E-state index in [1.807, 2.05) is 42.7 Å². The average Bonchev–Trinajstić information content (AvgIpc) is 3.02. The first kappa shape index (κ1) is 20.0. The van der Waals surface area contributed by atoms with Crippen molar-refractivity contribution in [3.05, 3.63) is 35.7 Å². The highest BCUT2D eigenvalue weighted by molar-refractivity contribution is 8.00. The van der Waals surface area contributed by atoms with Gasteiger partial charge < -0.3 is 15.6 Å². The maximum Gasteiger partial charge on any atom is 0.237 e. The molecule has 7 nitrogen and oxygen atoms in total. The van der Waals surface area contributed by atoms with Crippen LogP contribution in [0.15, 0.2) is 29.4 Å². The van der Waals surface area contributed by atoms with Gasteiger partial charge in [0.2, 0.25) is 11.8 Å². The summed E-state index contributed by atoms with van der Waals surface area (Å²) in [5.41, 5.74) is 7.20. The molecule has 0 aliphatic heterocycles. The van der Waals surface area contributed by atoms with Crippen LogP contribution in [0.4, 0.5) is 5.69 Å². The van der Waals surface area contributed by atoms with Crippen molar-refractivity contribution in [2.45, 2.75) is 57.0 Å². The summed E-state index contributed by atoms with van der Waals surface area (Å²) in [5.74, 6) is 0.242. The van der Waals surface area contributed by atoms with Gasteiger partial charge in [0.25, 0.3) is 0 Å². The van der Waals surface area contributed by atoms with Crippen LogP contribution >= 0.6 is 11.8 Å². The molecule has 2 rings (SSSR count).